The summed E-state index contributed by atoms with van der Waals surface area (Å²) >= 11 is 1.35. The molecular weight excluding hydrogens is 447 g/mol. The van der Waals surface area contributed by atoms with Gasteiger partial charge in [0.2, 0.25) is 17.6 Å². The average molecular weight is 469 g/mol. The van der Waals surface area contributed by atoms with Crippen molar-refractivity contribution in [3.8, 4) is 34.1 Å². The van der Waals surface area contributed by atoms with Crippen LogP contribution in [0, 0.1) is 5.82 Å². The van der Waals surface area contributed by atoms with Crippen LogP contribution in [0.2, 0.25) is 0 Å². The van der Waals surface area contributed by atoms with E-state index in [-0.39, 0.29) is 18.1 Å². The number of aryl methyl sites for hydroxylation is 1. The Morgan fingerprint density at radius 3 is 2.58 bits per heavy atom. The lowest BCUT2D eigenvalue weighted by Gasteiger charge is -2.08. The molecule has 0 saturated carbocycles. The number of benzene rings is 2. The fourth-order valence-corrected chi connectivity index (χ4v) is 3.85. The van der Waals surface area contributed by atoms with Crippen LogP contribution >= 0.6 is 11.3 Å². The zero-order valence-electron chi connectivity index (χ0n) is 18.0. The van der Waals surface area contributed by atoms with Crippen molar-refractivity contribution in [3.63, 3.8) is 0 Å². The van der Waals surface area contributed by atoms with E-state index < -0.39 is 0 Å². The first kappa shape index (κ1) is 22.4. The summed E-state index contributed by atoms with van der Waals surface area (Å²) in [5, 5.41) is 9.10. The molecule has 2 aromatic carbocycles. The predicted molar refractivity (Wildman–Crippen MR) is 122 cm³/mol. The summed E-state index contributed by atoms with van der Waals surface area (Å²) in [4.78, 5) is 21.1. The number of amides is 1. The van der Waals surface area contributed by atoms with Crippen molar-refractivity contribution in [1.82, 2.24) is 15.1 Å². The Labute approximate surface area is 193 Å². The minimum atomic E-state index is -0.329. The first-order valence-corrected chi connectivity index (χ1v) is 11.0. The van der Waals surface area contributed by atoms with Crippen molar-refractivity contribution < 1.29 is 23.2 Å². The largest absolute Gasteiger partial charge is 0.493 e. The van der Waals surface area contributed by atoms with Crippen molar-refractivity contribution in [2.24, 2.45) is 0 Å². The monoisotopic (exact) mass is 468 g/mol. The van der Waals surface area contributed by atoms with E-state index in [0.717, 1.165) is 11.3 Å². The minimum absolute atomic E-state index is 0.151. The van der Waals surface area contributed by atoms with E-state index in [1.807, 2.05) is 23.6 Å². The highest BCUT2D eigenvalue weighted by atomic mass is 32.1. The smallest absolute Gasteiger partial charge is 0.226 e. The van der Waals surface area contributed by atoms with E-state index in [2.05, 4.69) is 20.4 Å². The van der Waals surface area contributed by atoms with Crippen molar-refractivity contribution in [1.29, 1.82) is 0 Å². The molecule has 8 nitrogen and oxygen atoms in total. The van der Waals surface area contributed by atoms with E-state index in [1.165, 1.54) is 23.5 Å². The van der Waals surface area contributed by atoms with Gasteiger partial charge in [0.1, 0.15) is 5.82 Å². The standard InChI is InChI=1S/C23H21FN4O4S/c1-30-18-11-8-15(12-19(18)31-2)17-13-33-23(25-17)26-20(29)4-3-5-21-27-22(28-32-21)14-6-9-16(24)10-7-14/h6-13H,3-5H2,1-2H3,(H,25,26,29). The summed E-state index contributed by atoms with van der Waals surface area (Å²) in [7, 11) is 3.16. The minimum Gasteiger partial charge on any atom is -0.493 e. The van der Waals surface area contributed by atoms with Crippen LogP contribution in [0.4, 0.5) is 9.52 Å². The number of methoxy groups -OCH3 is 2. The second-order valence-corrected chi connectivity index (χ2v) is 7.89. The van der Waals surface area contributed by atoms with Crippen molar-refractivity contribution in [2.75, 3.05) is 19.5 Å². The fourth-order valence-electron chi connectivity index (χ4n) is 3.11. The predicted octanol–water partition coefficient (Wildman–Crippen LogP) is 4.98. The molecule has 0 bridgehead atoms. The number of aromatic nitrogens is 3. The van der Waals surface area contributed by atoms with Crippen LogP contribution in [-0.4, -0.2) is 35.3 Å². The molecule has 10 heteroatoms. The van der Waals surface area contributed by atoms with Crippen LogP contribution < -0.4 is 14.8 Å². The first-order chi connectivity index (χ1) is 16.1. The topological polar surface area (TPSA) is 99.4 Å². The number of carbonyl (C=O) groups is 1. The molecule has 0 aliphatic heterocycles. The zero-order chi connectivity index (χ0) is 23.2. The lowest BCUT2D eigenvalue weighted by molar-refractivity contribution is -0.116. The molecule has 0 saturated heterocycles. The van der Waals surface area contributed by atoms with Crippen molar-refractivity contribution in [3.05, 3.63) is 59.6 Å². The van der Waals surface area contributed by atoms with Gasteiger partial charge in [-0.1, -0.05) is 5.16 Å². The average Bonchev–Trinajstić information content (AvgIpc) is 3.49. The molecule has 33 heavy (non-hydrogen) atoms. The molecule has 1 N–H and O–H groups in total. The van der Waals surface area contributed by atoms with Gasteiger partial charge >= 0.3 is 0 Å². The number of hydrogen-bond donors (Lipinski definition) is 1. The normalized spacial score (nSPS) is 10.8. The van der Waals surface area contributed by atoms with Gasteiger partial charge in [0.25, 0.3) is 0 Å². The fraction of sp³-hybridized carbons (Fsp3) is 0.217. The highest BCUT2D eigenvalue weighted by Gasteiger charge is 2.13. The molecule has 0 unspecified atom stereocenters. The zero-order valence-corrected chi connectivity index (χ0v) is 18.8. The van der Waals surface area contributed by atoms with Gasteiger partial charge in [0.15, 0.2) is 16.6 Å². The summed E-state index contributed by atoms with van der Waals surface area (Å²) in [5.41, 5.74) is 2.26. The van der Waals surface area contributed by atoms with Crippen LogP contribution in [0.1, 0.15) is 18.7 Å². The van der Waals surface area contributed by atoms with Gasteiger partial charge in [-0.2, -0.15) is 4.98 Å². The Balaban J connectivity index is 1.29. The number of anilines is 1. The maximum Gasteiger partial charge on any atom is 0.226 e. The molecule has 4 aromatic rings. The lowest BCUT2D eigenvalue weighted by Crippen LogP contribution is -2.11. The number of carbonyl (C=O) groups excluding carboxylic acids is 1. The van der Waals surface area contributed by atoms with Gasteiger partial charge in [-0.25, -0.2) is 9.37 Å². The van der Waals surface area contributed by atoms with Gasteiger partial charge in [0, 0.05) is 29.3 Å². The maximum absolute atomic E-state index is 13.0. The molecule has 0 fully saturated rings. The number of halogens is 1. The third-order valence-corrected chi connectivity index (χ3v) is 5.55. The number of nitrogens with zero attached hydrogens (tertiary/aromatic N) is 3. The quantitative estimate of drug-likeness (QED) is 0.370. The Bertz CT molecular complexity index is 1240. The molecule has 0 spiro atoms. The number of thiazole rings is 1. The second kappa shape index (κ2) is 10.2. The molecule has 0 aliphatic carbocycles. The first-order valence-electron chi connectivity index (χ1n) is 10.1. The van der Waals surface area contributed by atoms with Gasteiger partial charge < -0.3 is 19.3 Å². The Morgan fingerprint density at radius 1 is 1.06 bits per heavy atom. The molecule has 2 heterocycles. The Kier molecular flexibility index (Phi) is 6.94. The Hall–Kier alpha value is -3.79. The van der Waals surface area contributed by atoms with E-state index in [9.17, 15) is 9.18 Å². The number of nitrogens with one attached hydrogen (secondary N) is 1. The number of hydrogen-bond acceptors (Lipinski definition) is 8. The molecular formula is C23H21FN4O4S. The third-order valence-electron chi connectivity index (χ3n) is 4.79. The molecule has 1 amide bonds. The van der Waals surface area contributed by atoms with E-state index in [1.54, 1.807) is 26.4 Å². The maximum atomic E-state index is 13.0. The van der Waals surface area contributed by atoms with E-state index >= 15 is 0 Å². The second-order valence-electron chi connectivity index (χ2n) is 7.03. The summed E-state index contributed by atoms with van der Waals surface area (Å²) in [5.74, 6) is 1.58. The highest BCUT2D eigenvalue weighted by Crippen LogP contribution is 2.33. The van der Waals surface area contributed by atoms with Gasteiger partial charge in [-0.3, -0.25) is 4.79 Å². The summed E-state index contributed by atoms with van der Waals surface area (Å²) in [6.07, 6.45) is 1.26. The van der Waals surface area contributed by atoms with Gasteiger partial charge in [0.05, 0.1) is 19.9 Å². The van der Waals surface area contributed by atoms with Crippen LogP contribution in [-0.2, 0) is 11.2 Å². The SMILES string of the molecule is COc1ccc(-c2csc(NC(=O)CCCc3nc(-c4ccc(F)cc4)no3)n2)cc1OC. The summed E-state index contributed by atoms with van der Waals surface area (Å²) < 4.78 is 28.8. The summed E-state index contributed by atoms with van der Waals surface area (Å²) in [6, 6.07) is 11.4. The number of rotatable bonds is 9. The molecule has 0 atom stereocenters. The van der Waals surface area contributed by atoms with Crippen molar-refractivity contribution >= 4 is 22.4 Å². The van der Waals surface area contributed by atoms with Crippen molar-refractivity contribution in [2.45, 2.75) is 19.3 Å². The van der Waals surface area contributed by atoms with E-state index in [0.29, 0.717) is 46.8 Å². The number of ether oxygens (including phenoxy) is 2. The van der Waals surface area contributed by atoms with E-state index in [4.69, 9.17) is 14.0 Å². The molecule has 0 aliphatic rings. The molecule has 2 aromatic heterocycles. The van der Waals surface area contributed by atoms with Crippen LogP contribution in [0.15, 0.2) is 52.4 Å². The lowest BCUT2D eigenvalue weighted by atomic mass is 10.1. The molecule has 170 valence electrons. The van der Waals surface area contributed by atoms with Crippen LogP contribution in [0.5, 0.6) is 11.5 Å². The van der Waals surface area contributed by atoms with Gasteiger partial charge in [-0.05, 0) is 48.9 Å². The van der Waals surface area contributed by atoms with Crippen LogP contribution in [0.25, 0.3) is 22.6 Å². The van der Waals surface area contributed by atoms with Gasteiger partial charge in [-0.15, -0.1) is 11.3 Å². The van der Waals surface area contributed by atoms with Crippen LogP contribution in [0.3, 0.4) is 0 Å². The summed E-state index contributed by atoms with van der Waals surface area (Å²) in [6.45, 7) is 0. The third kappa shape index (κ3) is 5.53. The molecule has 4 rings (SSSR count). The molecule has 0 radical (unpaired) electrons. The highest BCUT2D eigenvalue weighted by molar-refractivity contribution is 7.14. The Morgan fingerprint density at radius 2 is 1.82 bits per heavy atom.